The van der Waals surface area contributed by atoms with E-state index in [0.29, 0.717) is 25.8 Å². The second kappa shape index (κ2) is 9.15. The van der Waals surface area contributed by atoms with Gasteiger partial charge in [-0.1, -0.05) is 30.3 Å². The van der Waals surface area contributed by atoms with Gasteiger partial charge in [-0.15, -0.1) is 0 Å². The number of benzene rings is 1. The molecule has 1 aliphatic heterocycles. The van der Waals surface area contributed by atoms with Crippen molar-refractivity contribution in [3.8, 4) is 0 Å². The molecule has 0 bridgehead atoms. The van der Waals surface area contributed by atoms with E-state index in [2.05, 4.69) is 40.5 Å². The van der Waals surface area contributed by atoms with E-state index in [4.69, 9.17) is 4.74 Å². The van der Waals surface area contributed by atoms with Crippen LogP contribution in [0, 0.1) is 0 Å². The second-order valence-corrected chi connectivity index (χ2v) is 5.76. The topological polar surface area (TPSA) is 44.7 Å². The van der Waals surface area contributed by atoms with Crippen molar-refractivity contribution in [2.24, 2.45) is 0 Å². The summed E-state index contributed by atoms with van der Waals surface area (Å²) in [5.41, 5.74) is 1.39. The summed E-state index contributed by atoms with van der Waals surface area (Å²) in [6.07, 6.45) is 1.90. The minimum absolute atomic E-state index is 0.396. The van der Waals surface area contributed by atoms with Gasteiger partial charge in [0, 0.05) is 25.7 Å². The van der Waals surface area contributed by atoms with Crippen LogP contribution in [0.4, 0.5) is 0 Å². The van der Waals surface area contributed by atoms with E-state index in [1.165, 1.54) is 5.56 Å². The third-order valence-electron chi connectivity index (χ3n) is 3.99. The zero-order valence-corrected chi connectivity index (χ0v) is 13.0. The van der Waals surface area contributed by atoms with Crippen molar-refractivity contribution in [1.29, 1.82) is 0 Å². The summed E-state index contributed by atoms with van der Waals surface area (Å²) in [6.45, 7) is 6.94. The van der Waals surface area contributed by atoms with Crippen LogP contribution in [-0.4, -0.2) is 55.0 Å². The van der Waals surface area contributed by atoms with Gasteiger partial charge in [-0.05, 0) is 38.4 Å². The average molecular weight is 292 g/mol. The number of rotatable bonds is 8. The van der Waals surface area contributed by atoms with Crippen LogP contribution in [0.25, 0.3) is 0 Å². The lowest BCUT2D eigenvalue weighted by Gasteiger charge is -2.32. The fourth-order valence-corrected chi connectivity index (χ4v) is 2.75. The Morgan fingerprint density at radius 2 is 2.00 bits per heavy atom. The smallest absolute Gasteiger partial charge is 0.0897 e. The van der Waals surface area contributed by atoms with Gasteiger partial charge in [0.2, 0.25) is 0 Å². The largest absolute Gasteiger partial charge is 0.389 e. The normalized spacial score (nSPS) is 18.8. The molecule has 1 heterocycles. The van der Waals surface area contributed by atoms with E-state index < -0.39 is 6.10 Å². The molecule has 1 aliphatic rings. The van der Waals surface area contributed by atoms with Crippen molar-refractivity contribution in [3.63, 3.8) is 0 Å². The highest BCUT2D eigenvalue weighted by atomic mass is 16.5. The summed E-state index contributed by atoms with van der Waals surface area (Å²) in [7, 11) is 0. The quantitative estimate of drug-likeness (QED) is 0.764. The van der Waals surface area contributed by atoms with Gasteiger partial charge in [0.15, 0.2) is 0 Å². The van der Waals surface area contributed by atoms with E-state index in [9.17, 15) is 5.11 Å². The molecule has 1 fully saturated rings. The Labute approximate surface area is 128 Å². The predicted octanol–water partition coefficient (Wildman–Crippen LogP) is 1.64. The maximum Gasteiger partial charge on any atom is 0.0897 e. The van der Waals surface area contributed by atoms with Gasteiger partial charge in [-0.25, -0.2) is 0 Å². The number of hydrogen-bond donors (Lipinski definition) is 2. The van der Waals surface area contributed by atoms with Gasteiger partial charge in [0.25, 0.3) is 0 Å². The van der Waals surface area contributed by atoms with Crippen molar-refractivity contribution in [2.75, 3.05) is 32.8 Å². The Hall–Kier alpha value is -0.940. The predicted molar refractivity (Wildman–Crippen MR) is 85.2 cm³/mol. The molecule has 1 unspecified atom stereocenters. The summed E-state index contributed by atoms with van der Waals surface area (Å²) < 4.78 is 5.22. The molecule has 0 aromatic heterocycles. The molecule has 21 heavy (non-hydrogen) atoms. The van der Waals surface area contributed by atoms with Gasteiger partial charge in [0.05, 0.1) is 12.7 Å². The molecule has 2 N–H and O–H groups in total. The number of piperidine rings is 1. The van der Waals surface area contributed by atoms with E-state index in [-0.39, 0.29) is 0 Å². The highest BCUT2D eigenvalue weighted by Gasteiger charge is 2.19. The first-order valence-corrected chi connectivity index (χ1v) is 8.03. The van der Waals surface area contributed by atoms with Crippen LogP contribution >= 0.6 is 0 Å². The minimum atomic E-state index is -0.396. The van der Waals surface area contributed by atoms with Crippen LogP contribution in [0.15, 0.2) is 30.3 Å². The average Bonchev–Trinajstić information content (AvgIpc) is 2.53. The zero-order chi connectivity index (χ0) is 14.9. The van der Waals surface area contributed by atoms with Crippen LogP contribution < -0.4 is 5.32 Å². The molecule has 1 atom stereocenters. The van der Waals surface area contributed by atoms with Crippen LogP contribution in [0.5, 0.6) is 0 Å². The van der Waals surface area contributed by atoms with Crippen LogP contribution in [0.3, 0.4) is 0 Å². The van der Waals surface area contributed by atoms with E-state index >= 15 is 0 Å². The number of aliphatic hydroxyl groups is 1. The number of likely N-dealkylation sites (tertiary alicyclic amines) is 1. The summed E-state index contributed by atoms with van der Waals surface area (Å²) in [5, 5.41) is 13.2. The number of hydrogen-bond acceptors (Lipinski definition) is 4. The number of aliphatic hydroxyl groups excluding tert-OH is 1. The summed E-state index contributed by atoms with van der Waals surface area (Å²) in [6, 6.07) is 11.2. The molecule has 4 heteroatoms. The standard InChI is InChI=1S/C17H28N2O2/c1-2-21-14-17(20)12-18-16-8-10-19(11-9-16)13-15-6-4-3-5-7-15/h3-7,16-18,20H,2,8-14H2,1H3. The Morgan fingerprint density at radius 1 is 1.29 bits per heavy atom. The van der Waals surface area contributed by atoms with Gasteiger partial charge < -0.3 is 15.2 Å². The molecule has 0 spiro atoms. The Kier molecular flexibility index (Phi) is 7.16. The highest BCUT2D eigenvalue weighted by molar-refractivity contribution is 5.14. The lowest BCUT2D eigenvalue weighted by molar-refractivity contribution is 0.0397. The van der Waals surface area contributed by atoms with E-state index in [1.54, 1.807) is 0 Å². The molecule has 1 aromatic rings. The Bertz CT molecular complexity index is 378. The summed E-state index contributed by atoms with van der Waals surface area (Å²) >= 11 is 0. The fourth-order valence-electron chi connectivity index (χ4n) is 2.75. The van der Waals surface area contributed by atoms with Gasteiger partial charge >= 0.3 is 0 Å². The molecule has 118 valence electrons. The van der Waals surface area contributed by atoms with Crippen molar-refractivity contribution >= 4 is 0 Å². The number of nitrogens with one attached hydrogen (secondary N) is 1. The number of ether oxygens (including phenoxy) is 1. The third kappa shape index (κ3) is 6.14. The van der Waals surface area contributed by atoms with Crippen molar-refractivity contribution < 1.29 is 9.84 Å². The molecule has 0 radical (unpaired) electrons. The van der Waals surface area contributed by atoms with E-state index in [1.807, 2.05) is 6.92 Å². The first-order valence-electron chi connectivity index (χ1n) is 8.03. The first kappa shape index (κ1) is 16.4. The zero-order valence-electron chi connectivity index (χ0n) is 13.0. The summed E-state index contributed by atoms with van der Waals surface area (Å²) in [4.78, 5) is 2.50. The maximum absolute atomic E-state index is 9.76. The lowest BCUT2D eigenvalue weighted by Crippen LogP contribution is -2.44. The fraction of sp³-hybridized carbons (Fsp3) is 0.647. The molecule has 1 aromatic carbocycles. The Morgan fingerprint density at radius 3 is 2.67 bits per heavy atom. The Balaban J connectivity index is 1.62. The third-order valence-corrected chi connectivity index (χ3v) is 3.99. The molecule has 0 saturated carbocycles. The van der Waals surface area contributed by atoms with Crippen LogP contribution in [0.1, 0.15) is 25.3 Å². The minimum Gasteiger partial charge on any atom is -0.389 e. The maximum atomic E-state index is 9.76. The molecular weight excluding hydrogens is 264 g/mol. The van der Waals surface area contributed by atoms with Gasteiger partial charge in [-0.2, -0.15) is 0 Å². The van der Waals surface area contributed by atoms with Crippen LogP contribution in [-0.2, 0) is 11.3 Å². The SMILES string of the molecule is CCOCC(O)CNC1CCN(Cc2ccccc2)CC1. The monoisotopic (exact) mass is 292 g/mol. The summed E-state index contributed by atoms with van der Waals surface area (Å²) in [5.74, 6) is 0. The second-order valence-electron chi connectivity index (χ2n) is 5.76. The molecule has 4 nitrogen and oxygen atoms in total. The van der Waals surface area contributed by atoms with Gasteiger partial charge in [-0.3, -0.25) is 4.90 Å². The lowest BCUT2D eigenvalue weighted by atomic mass is 10.0. The van der Waals surface area contributed by atoms with Crippen LogP contribution in [0.2, 0.25) is 0 Å². The molecule has 0 amide bonds. The molecule has 0 aliphatic carbocycles. The first-order chi connectivity index (χ1) is 10.3. The molecule has 2 rings (SSSR count). The molecule has 1 saturated heterocycles. The van der Waals surface area contributed by atoms with Crippen molar-refractivity contribution in [3.05, 3.63) is 35.9 Å². The molecular formula is C17H28N2O2. The van der Waals surface area contributed by atoms with Crippen molar-refractivity contribution in [1.82, 2.24) is 10.2 Å². The van der Waals surface area contributed by atoms with E-state index in [0.717, 1.165) is 32.5 Å². The number of nitrogens with zero attached hydrogens (tertiary/aromatic N) is 1. The van der Waals surface area contributed by atoms with Gasteiger partial charge in [0.1, 0.15) is 0 Å². The highest BCUT2D eigenvalue weighted by Crippen LogP contribution is 2.13. The van der Waals surface area contributed by atoms with Crippen molar-refractivity contribution in [2.45, 2.75) is 38.5 Å².